The molecule has 0 fully saturated rings. The molecular weight excluding hydrogens is 286 g/mol. The van der Waals surface area contributed by atoms with Crippen LogP contribution in [0.4, 0.5) is 5.69 Å². The van der Waals surface area contributed by atoms with Crippen LogP contribution in [0.1, 0.15) is 38.9 Å². The molecule has 1 heterocycles. The molecule has 0 amide bonds. The van der Waals surface area contributed by atoms with Gasteiger partial charge in [-0.2, -0.15) is 0 Å². The molecular formula is C16H17NO3S. The highest BCUT2D eigenvalue weighted by Gasteiger charge is 2.19. The summed E-state index contributed by atoms with van der Waals surface area (Å²) in [6.07, 6.45) is 0.483. The largest absolute Gasteiger partial charge is 0.465 e. The van der Waals surface area contributed by atoms with Gasteiger partial charge >= 0.3 is 5.97 Å². The molecule has 1 aromatic heterocycles. The summed E-state index contributed by atoms with van der Waals surface area (Å²) in [7, 11) is 1.33. The lowest BCUT2D eigenvalue weighted by atomic mass is 10.0. The van der Waals surface area contributed by atoms with E-state index in [0.29, 0.717) is 22.5 Å². The Balaban J connectivity index is 2.43. The number of Topliss-reactive ketones (excluding diaryl/α,β-unsaturated/α-hetero) is 1. The fourth-order valence-corrected chi connectivity index (χ4v) is 3.21. The molecule has 2 N–H and O–H groups in total. The van der Waals surface area contributed by atoms with Crippen molar-refractivity contribution in [2.75, 3.05) is 12.8 Å². The lowest BCUT2D eigenvalue weighted by Gasteiger charge is -2.02. The number of rotatable bonds is 4. The molecule has 1 aromatic carbocycles. The summed E-state index contributed by atoms with van der Waals surface area (Å²) in [5.74, 6) is -0.316. The van der Waals surface area contributed by atoms with Crippen LogP contribution in [0.15, 0.2) is 24.3 Å². The number of hydrogen-bond acceptors (Lipinski definition) is 5. The predicted molar refractivity (Wildman–Crippen MR) is 84.9 cm³/mol. The van der Waals surface area contributed by atoms with Crippen molar-refractivity contribution >= 4 is 28.8 Å². The van der Waals surface area contributed by atoms with Gasteiger partial charge < -0.3 is 10.5 Å². The maximum Gasteiger partial charge on any atom is 0.350 e. The second kappa shape index (κ2) is 6.10. The minimum absolute atomic E-state index is 0.110. The Morgan fingerprint density at radius 2 is 1.86 bits per heavy atom. The smallest absolute Gasteiger partial charge is 0.350 e. The van der Waals surface area contributed by atoms with Gasteiger partial charge in [0, 0.05) is 16.9 Å². The number of thiophene rings is 1. The van der Waals surface area contributed by atoms with Crippen LogP contribution in [0.3, 0.4) is 0 Å². The van der Waals surface area contributed by atoms with E-state index in [4.69, 9.17) is 10.5 Å². The Hall–Kier alpha value is -2.14. The minimum atomic E-state index is -0.426. The topological polar surface area (TPSA) is 69.4 Å². The highest BCUT2D eigenvalue weighted by Crippen LogP contribution is 2.38. The summed E-state index contributed by atoms with van der Waals surface area (Å²) >= 11 is 1.31. The lowest BCUT2D eigenvalue weighted by molar-refractivity contribution is 0.0607. The molecule has 0 aliphatic carbocycles. The molecule has 21 heavy (non-hydrogen) atoms. The van der Waals surface area contributed by atoms with Crippen LogP contribution in [0.5, 0.6) is 0 Å². The van der Waals surface area contributed by atoms with Gasteiger partial charge in [0.25, 0.3) is 0 Å². The summed E-state index contributed by atoms with van der Waals surface area (Å²) in [6, 6.07) is 7.35. The number of benzene rings is 1. The first-order valence-electron chi connectivity index (χ1n) is 6.60. The van der Waals surface area contributed by atoms with E-state index >= 15 is 0 Å². The Bertz CT molecular complexity index is 686. The predicted octanol–water partition coefficient (Wildman–Crippen LogP) is 3.69. The van der Waals surface area contributed by atoms with E-state index in [9.17, 15) is 9.59 Å². The average molecular weight is 303 g/mol. The maximum atomic E-state index is 11.7. The van der Waals surface area contributed by atoms with Crippen molar-refractivity contribution in [2.45, 2.75) is 20.3 Å². The van der Waals surface area contributed by atoms with E-state index in [-0.39, 0.29) is 5.78 Å². The van der Waals surface area contributed by atoms with Gasteiger partial charge in [-0.15, -0.1) is 11.3 Å². The number of hydrogen-bond donors (Lipinski definition) is 1. The maximum absolute atomic E-state index is 11.7. The molecule has 4 nitrogen and oxygen atoms in total. The van der Waals surface area contributed by atoms with E-state index in [1.54, 1.807) is 12.1 Å². The van der Waals surface area contributed by atoms with Gasteiger partial charge in [-0.1, -0.05) is 31.2 Å². The Labute approximate surface area is 127 Å². The first-order chi connectivity index (χ1) is 9.99. The number of nitrogen functional groups attached to an aromatic ring is 1. The SMILES string of the molecule is CCC(=O)c1ccc(-c2sc(C(=O)OC)c(N)c2C)cc1. The minimum Gasteiger partial charge on any atom is -0.465 e. The number of carbonyl (C=O) groups is 2. The molecule has 0 radical (unpaired) electrons. The van der Waals surface area contributed by atoms with Gasteiger partial charge in [-0.25, -0.2) is 4.79 Å². The fourth-order valence-electron chi connectivity index (χ4n) is 2.06. The van der Waals surface area contributed by atoms with E-state index in [1.807, 2.05) is 26.0 Å². The Morgan fingerprint density at radius 1 is 1.24 bits per heavy atom. The highest BCUT2D eigenvalue weighted by atomic mass is 32.1. The number of ketones is 1. The first kappa shape index (κ1) is 15.3. The molecule has 2 aromatic rings. The van der Waals surface area contributed by atoms with Crippen LogP contribution < -0.4 is 5.73 Å². The van der Waals surface area contributed by atoms with Crippen LogP contribution in [0.25, 0.3) is 10.4 Å². The molecule has 0 bridgehead atoms. The first-order valence-corrected chi connectivity index (χ1v) is 7.42. The van der Waals surface area contributed by atoms with Crippen molar-refractivity contribution in [2.24, 2.45) is 0 Å². The normalized spacial score (nSPS) is 10.4. The fraction of sp³-hybridized carbons (Fsp3) is 0.250. The summed E-state index contributed by atoms with van der Waals surface area (Å²) in [5, 5.41) is 0. The van der Waals surface area contributed by atoms with Crippen molar-refractivity contribution in [1.29, 1.82) is 0 Å². The van der Waals surface area contributed by atoms with Crippen molar-refractivity contribution in [3.05, 3.63) is 40.3 Å². The van der Waals surface area contributed by atoms with Gasteiger partial charge in [0.05, 0.1) is 12.8 Å². The zero-order chi connectivity index (χ0) is 15.6. The second-order valence-electron chi connectivity index (χ2n) is 4.64. The molecule has 0 atom stereocenters. The molecule has 2 rings (SSSR count). The third kappa shape index (κ3) is 2.83. The quantitative estimate of drug-likeness (QED) is 0.691. The summed E-state index contributed by atoms with van der Waals surface area (Å²) < 4.78 is 4.73. The average Bonchev–Trinajstić information content (AvgIpc) is 2.82. The summed E-state index contributed by atoms with van der Waals surface area (Å²) in [5.41, 5.74) is 8.91. The third-order valence-corrected chi connectivity index (χ3v) is 4.69. The summed E-state index contributed by atoms with van der Waals surface area (Å²) in [4.78, 5) is 24.6. The van der Waals surface area contributed by atoms with Crippen molar-refractivity contribution in [3.63, 3.8) is 0 Å². The lowest BCUT2D eigenvalue weighted by Crippen LogP contribution is -2.01. The summed E-state index contributed by atoms with van der Waals surface area (Å²) in [6.45, 7) is 3.71. The third-order valence-electron chi connectivity index (χ3n) is 3.35. The second-order valence-corrected chi connectivity index (χ2v) is 5.67. The monoisotopic (exact) mass is 303 g/mol. The number of carbonyl (C=O) groups excluding carboxylic acids is 2. The molecule has 0 aliphatic rings. The highest BCUT2D eigenvalue weighted by molar-refractivity contribution is 7.18. The number of nitrogens with two attached hydrogens (primary N) is 1. The van der Waals surface area contributed by atoms with Gasteiger partial charge in [-0.05, 0) is 18.1 Å². The van der Waals surface area contributed by atoms with Gasteiger partial charge in [0.1, 0.15) is 4.88 Å². The van der Waals surface area contributed by atoms with E-state index < -0.39 is 5.97 Å². The zero-order valence-corrected chi connectivity index (χ0v) is 13.0. The molecule has 0 aliphatic heterocycles. The van der Waals surface area contributed by atoms with E-state index in [1.165, 1.54) is 18.4 Å². The number of esters is 1. The van der Waals surface area contributed by atoms with Crippen LogP contribution in [0.2, 0.25) is 0 Å². The van der Waals surface area contributed by atoms with Crippen molar-refractivity contribution in [1.82, 2.24) is 0 Å². The van der Waals surface area contributed by atoms with Gasteiger partial charge in [-0.3, -0.25) is 4.79 Å². The zero-order valence-electron chi connectivity index (χ0n) is 12.2. The number of methoxy groups -OCH3 is 1. The van der Waals surface area contributed by atoms with Gasteiger partial charge in [0.2, 0.25) is 0 Å². The van der Waals surface area contributed by atoms with Crippen molar-refractivity contribution < 1.29 is 14.3 Å². The van der Waals surface area contributed by atoms with Crippen LogP contribution in [-0.4, -0.2) is 18.9 Å². The van der Waals surface area contributed by atoms with E-state index in [2.05, 4.69) is 0 Å². The van der Waals surface area contributed by atoms with Crippen LogP contribution >= 0.6 is 11.3 Å². The molecule has 5 heteroatoms. The van der Waals surface area contributed by atoms with Crippen molar-refractivity contribution in [3.8, 4) is 10.4 Å². The molecule has 0 spiro atoms. The molecule has 0 unspecified atom stereocenters. The molecule has 0 saturated heterocycles. The van der Waals surface area contributed by atoms with Crippen LogP contribution in [0, 0.1) is 6.92 Å². The van der Waals surface area contributed by atoms with E-state index in [0.717, 1.165) is 16.0 Å². The van der Waals surface area contributed by atoms with Crippen LogP contribution in [-0.2, 0) is 4.74 Å². The molecule has 0 saturated carbocycles. The number of ether oxygens (including phenoxy) is 1. The Morgan fingerprint density at radius 3 is 2.38 bits per heavy atom. The van der Waals surface area contributed by atoms with Gasteiger partial charge in [0.15, 0.2) is 5.78 Å². The number of anilines is 1. The Kier molecular flexibility index (Phi) is 4.43. The standard InChI is InChI=1S/C16H17NO3S/c1-4-12(18)10-5-7-11(8-6-10)14-9(2)13(17)15(21-14)16(19)20-3/h5-8H,4,17H2,1-3H3. The molecule has 110 valence electrons.